The van der Waals surface area contributed by atoms with Crippen molar-refractivity contribution in [3.8, 4) is 11.5 Å². The second-order valence-electron chi connectivity index (χ2n) is 7.90. The minimum atomic E-state index is -0.416. The third-order valence-electron chi connectivity index (χ3n) is 5.71. The van der Waals surface area contributed by atoms with Crippen molar-refractivity contribution < 1.29 is 28.5 Å². The Morgan fingerprint density at radius 3 is 1.71 bits per heavy atom. The zero-order valence-electron chi connectivity index (χ0n) is 20.1. The number of hydrogen-bond acceptors (Lipinski definition) is 6. The van der Waals surface area contributed by atoms with Crippen LogP contribution in [0.15, 0.2) is 60.7 Å². The summed E-state index contributed by atoms with van der Waals surface area (Å²) in [6.45, 7) is 0. The van der Waals surface area contributed by atoms with E-state index in [1.807, 2.05) is 24.3 Å². The number of hydrogen-bond donors (Lipinski definition) is 0. The molecule has 6 nitrogen and oxygen atoms in total. The molecule has 0 bridgehead atoms. The van der Waals surface area contributed by atoms with Crippen molar-refractivity contribution in [1.29, 1.82) is 0 Å². The highest BCUT2D eigenvalue weighted by Gasteiger charge is 2.13. The van der Waals surface area contributed by atoms with E-state index in [0.717, 1.165) is 42.6 Å². The molecule has 178 valence electrons. The van der Waals surface area contributed by atoms with E-state index in [2.05, 4.69) is 18.2 Å². The molecule has 0 radical (unpaired) electrons. The van der Waals surface area contributed by atoms with Crippen molar-refractivity contribution in [2.75, 3.05) is 28.4 Å². The molecular weight excluding hydrogens is 432 g/mol. The highest BCUT2D eigenvalue weighted by Crippen LogP contribution is 2.24. The Bertz CT molecular complexity index is 1130. The Morgan fingerprint density at radius 1 is 0.588 bits per heavy atom. The van der Waals surface area contributed by atoms with Crippen molar-refractivity contribution in [3.05, 3.63) is 94.0 Å². The summed E-state index contributed by atoms with van der Waals surface area (Å²) in [6, 6.07) is 19.3. The fourth-order valence-corrected chi connectivity index (χ4v) is 3.81. The number of carbonyl (C=O) groups excluding carboxylic acids is 2. The van der Waals surface area contributed by atoms with Crippen molar-refractivity contribution in [2.45, 2.75) is 25.7 Å². The summed E-state index contributed by atoms with van der Waals surface area (Å²) in [5.41, 5.74) is 5.54. The number of benzene rings is 3. The molecule has 0 heterocycles. The van der Waals surface area contributed by atoms with Gasteiger partial charge in [0, 0.05) is 0 Å². The molecule has 3 aromatic carbocycles. The van der Waals surface area contributed by atoms with Crippen LogP contribution in [0.3, 0.4) is 0 Å². The van der Waals surface area contributed by atoms with Crippen molar-refractivity contribution in [2.24, 2.45) is 0 Å². The van der Waals surface area contributed by atoms with Crippen LogP contribution in [-0.2, 0) is 35.2 Å². The van der Waals surface area contributed by atoms with Crippen LogP contribution < -0.4 is 9.47 Å². The summed E-state index contributed by atoms with van der Waals surface area (Å²) in [7, 11) is 5.95. The second-order valence-corrected chi connectivity index (χ2v) is 7.90. The molecular formula is C28H30O6. The van der Waals surface area contributed by atoms with E-state index >= 15 is 0 Å². The highest BCUT2D eigenvalue weighted by molar-refractivity contribution is 5.92. The molecule has 0 aliphatic carbocycles. The van der Waals surface area contributed by atoms with E-state index in [-0.39, 0.29) is 5.97 Å². The smallest absolute Gasteiger partial charge is 0.341 e. The van der Waals surface area contributed by atoms with E-state index in [1.54, 1.807) is 32.4 Å². The summed E-state index contributed by atoms with van der Waals surface area (Å²) in [4.78, 5) is 23.5. The standard InChI is InChI=1S/C28H30O6/c1-31-24-16-21(7-5-19-9-12-23(13-10-19)27(29)33-3)15-22(17-24)8-6-20-11-14-25(28(30)34-4)26(18-20)32-2/h9-18H,5-8H2,1-4H3. The van der Waals surface area contributed by atoms with Gasteiger partial charge >= 0.3 is 11.9 Å². The van der Waals surface area contributed by atoms with Crippen molar-refractivity contribution in [1.82, 2.24) is 0 Å². The van der Waals surface area contributed by atoms with Crippen molar-refractivity contribution >= 4 is 11.9 Å². The quantitative estimate of drug-likeness (QED) is 0.401. The summed E-state index contributed by atoms with van der Waals surface area (Å²) >= 11 is 0. The first-order valence-electron chi connectivity index (χ1n) is 11.1. The molecule has 0 aromatic heterocycles. The Labute approximate surface area is 200 Å². The molecule has 0 saturated heterocycles. The number of aryl methyl sites for hydroxylation is 4. The van der Waals surface area contributed by atoms with Gasteiger partial charge in [0.05, 0.1) is 34.0 Å². The molecule has 34 heavy (non-hydrogen) atoms. The first-order valence-corrected chi connectivity index (χ1v) is 11.1. The lowest BCUT2D eigenvalue weighted by atomic mass is 9.98. The first-order chi connectivity index (χ1) is 16.5. The van der Waals surface area contributed by atoms with Crippen LogP contribution in [0.1, 0.15) is 43.0 Å². The number of rotatable bonds is 10. The Kier molecular flexibility index (Phi) is 8.68. The number of methoxy groups -OCH3 is 4. The van der Waals surface area contributed by atoms with Gasteiger partial charge in [-0.25, -0.2) is 9.59 Å². The molecule has 0 N–H and O–H groups in total. The van der Waals surface area contributed by atoms with Gasteiger partial charge in [0.1, 0.15) is 17.1 Å². The van der Waals surface area contributed by atoms with Gasteiger partial charge in [-0.1, -0.05) is 24.3 Å². The SMILES string of the molecule is COC(=O)c1ccc(CCc2cc(CCc3ccc(C(=O)OC)c(OC)c3)cc(OC)c2)cc1. The molecule has 0 amide bonds. The molecule has 3 rings (SSSR count). The van der Waals surface area contributed by atoms with Gasteiger partial charge in [-0.05, 0) is 84.3 Å². The van der Waals surface area contributed by atoms with Gasteiger partial charge in [0.25, 0.3) is 0 Å². The van der Waals surface area contributed by atoms with Crippen LogP contribution in [0.5, 0.6) is 11.5 Å². The first kappa shape index (κ1) is 24.8. The predicted molar refractivity (Wildman–Crippen MR) is 130 cm³/mol. The number of esters is 2. The fraction of sp³-hybridized carbons (Fsp3) is 0.286. The predicted octanol–water partition coefficient (Wildman–Crippen LogP) is 4.85. The molecule has 0 aliphatic rings. The van der Waals surface area contributed by atoms with Crippen LogP contribution in [-0.4, -0.2) is 40.4 Å². The maximum Gasteiger partial charge on any atom is 0.341 e. The molecule has 3 aromatic rings. The summed E-state index contributed by atoms with van der Waals surface area (Å²) in [5.74, 6) is 0.586. The Hall–Kier alpha value is -3.80. The maximum absolute atomic E-state index is 11.9. The lowest BCUT2D eigenvalue weighted by molar-refractivity contribution is 0.0589. The van der Waals surface area contributed by atoms with Gasteiger partial charge in [-0.15, -0.1) is 0 Å². The van der Waals surface area contributed by atoms with Crippen LogP contribution in [0.25, 0.3) is 0 Å². The molecule has 0 aliphatic heterocycles. The van der Waals surface area contributed by atoms with E-state index in [9.17, 15) is 9.59 Å². The normalized spacial score (nSPS) is 10.5. The second kappa shape index (κ2) is 11.9. The highest BCUT2D eigenvalue weighted by atomic mass is 16.5. The Balaban J connectivity index is 1.68. The zero-order chi connectivity index (χ0) is 24.5. The third-order valence-corrected chi connectivity index (χ3v) is 5.71. The lowest BCUT2D eigenvalue weighted by Crippen LogP contribution is -2.05. The minimum Gasteiger partial charge on any atom is -0.497 e. The lowest BCUT2D eigenvalue weighted by Gasteiger charge is -2.11. The van der Waals surface area contributed by atoms with Crippen LogP contribution in [0, 0.1) is 0 Å². The largest absolute Gasteiger partial charge is 0.497 e. The topological polar surface area (TPSA) is 71.1 Å². The molecule has 0 spiro atoms. The third kappa shape index (κ3) is 6.38. The molecule has 6 heteroatoms. The maximum atomic E-state index is 11.9. The Morgan fingerprint density at radius 2 is 1.15 bits per heavy atom. The van der Waals surface area contributed by atoms with Crippen molar-refractivity contribution in [3.63, 3.8) is 0 Å². The average molecular weight is 463 g/mol. The molecule has 0 atom stereocenters. The van der Waals surface area contributed by atoms with Gasteiger partial charge in [0.15, 0.2) is 0 Å². The molecule has 0 fully saturated rings. The van der Waals surface area contributed by atoms with Crippen LogP contribution in [0.2, 0.25) is 0 Å². The summed E-state index contributed by atoms with van der Waals surface area (Å²) < 4.78 is 20.5. The van der Waals surface area contributed by atoms with Gasteiger partial charge in [-0.3, -0.25) is 0 Å². The number of carbonyl (C=O) groups is 2. The zero-order valence-corrected chi connectivity index (χ0v) is 20.1. The van der Waals surface area contributed by atoms with Crippen LogP contribution >= 0.6 is 0 Å². The van der Waals surface area contributed by atoms with E-state index in [1.165, 1.54) is 25.3 Å². The summed E-state index contributed by atoms with van der Waals surface area (Å²) in [6.07, 6.45) is 3.31. The van der Waals surface area contributed by atoms with Gasteiger partial charge < -0.3 is 18.9 Å². The van der Waals surface area contributed by atoms with Gasteiger partial charge in [0.2, 0.25) is 0 Å². The molecule has 0 unspecified atom stereocenters. The number of ether oxygens (including phenoxy) is 4. The molecule has 0 saturated carbocycles. The average Bonchev–Trinajstić information content (AvgIpc) is 2.89. The van der Waals surface area contributed by atoms with Crippen LogP contribution in [0.4, 0.5) is 0 Å². The van der Waals surface area contributed by atoms with E-state index < -0.39 is 5.97 Å². The summed E-state index contributed by atoms with van der Waals surface area (Å²) in [5, 5.41) is 0. The fourth-order valence-electron chi connectivity index (χ4n) is 3.81. The monoisotopic (exact) mass is 462 g/mol. The van der Waals surface area contributed by atoms with Gasteiger partial charge in [-0.2, -0.15) is 0 Å². The van der Waals surface area contributed by atoms with E-state index in [4.69, 9.17) is 18.9 Å². The minimum absolute atomic E-state index is 0.332. The van der Waals surface area contributed by atoms with E-state index in [0.29, 0.717) is 16.9 Å².